The Balaban J connectivity index is 2.16. The predicted molar refractivity (Wildman–Crippen MR) is 78.6 cm³/mol. The number of aromatic nitrogens is 1. The Labute approximate surface area is 124 Å². The standard InChI is InChI=1S/C15H10BrFN2O/c1-2-10-11(16)5-3-7-13(10)19-15(20)9-14-12(17)6-4-8-18-14/h1,3-8H,9H2,(H,19,20). The number of pyridine rings is 1. The first kappa shape index (κ1) is 14.2. The maximum atomic E-state index is 13.4. The average Bonchev–Trinajstić information content (AvgIpc) is 2.42. The van der Waals surface area contributed by atoms with Gasteiger partial charge in [0.25, 0.3) is 0 Å². The molecular weight excluding hydrogens is 323 g/mol. The lowest BCUT2D eigenvalue weighted by atomic mass is 10.1. The fraction of sp³-hybridized carbons (Fsp3) is 0.0667. The molecule has 1 aromatic carbocycles. The van der Waals surface area contributed by atoms with Gasteiger partial charge in [-0.15, -0.1) is 6.42 Å². The van der Waals surface area contributed by atoms with Crippen molar-refractivity contribution in [3.8, 4) is 12.3 Å². The second-order valence-corrected chi connectivity index (χ2v) is 4.82. The van der Waals surface area contributed by atoms with Crippen molar-refractivity contribution in [3.05, 3.63) is 58.1 Å². The molecule has 100 valence electrons. The summed E-state index contributed by atoms with van der Waals surface area (Å²) in [6.07, 6.45) is 6.69. The van der Waals surface area contributed by atoms with Gasteiger partial charge in [-0.05, 0) is 40.2 Å². The van der Waals surface area contributed by atoms with Crippen molar-refractivity contribution in [3.63, 3.8) is 0 Å². The molecular formula is C15H10BrFN2O. The summed E-state index contributed by atoms with van der Waals surface area (Å²) in [6, 6.07) is 7.96. The minimum atomic E-state index is -0.505. The normalized spacial score (nSPS) is 9.85. The van der Waals surface area contributed by atoms with E-state index in [9.17, 15) is 9.18 Å². The lowest BCUT2D eigenvalue weighted by Gasteiger charge is -2.09. The number of nitrogens with zero attached hydrogens (tertiary/aromatic N) is 1. The SMILES string of the molecule is C#Cc1c(Br)cccc1NC(=O)Cc1ncccc1F. The van der Waals surface area contributed by atoms with Crippen molar-refractivity contribution in [2.45, 2.75) is 6.42 Å². The predicted octanol–water partition coefficient (Wildman–Crippen LogP) is 3.15. The molecule has 0 radical (unpaired) electrons. The van der Waals surface area contributed by atoms with Crippen molar-refractivity contribution >= 4 is 27.5 Å². The van der Waals surface area contributed by atoms with Crippen molar-refractivity contribution in [2.24, 2.45) is 0 Å². The van der Waals surface area contributed by atoms with Crippen molar-refractivity contribution in [1.82, 2.24) is 4.98 Å². The van der Waals surface area contributed by atoms with Crippen LogP contribution < -0.4 is 5.32 Å². The zero-order valence-corrected chi connectivity index (χ0v) is 11.9. The Morgan fingerprint density at radius 3 is 2.90 bits per heavy atom. The van der Waals surface area contributed by atoms with E-state index in [0.717, 1.165) is 0 Å². The molecule has 0 saturated heterocycles. The smallest absolute Gasteiger partial charge is 0.230 e. The Kier molecular flexibility index (Phi) is 4.49. The maximum absolute atomic E-state index is 13.4. The van der Waals surface area contributed by atoms with Crippen LogP contribution in [-0.4, -0.2) is 10.9 Å². The molecule has 3 nitrogen and oxygen atoms in total. The average molecular weight is 333 g/mol. The lowest BCUT2D eigenvalue weighted by molar-refractivity contribution is -0.115. The Morgan fingerprint density at radius 1 is 1.40 bits per heavy atom. The van der Waals surface area contributed by atoms with Crippen LogP contribution in [0.2, 0.25) is 0 Å². The molecule has 2 aromatic rings. The highest BCUT2D eigenvalue weighted by Crippen LogP contribution is 2.23. The molecule has 1 N–H and O–H groups in total. The summed E-state index contributed by atoms with van der Waals surface area (Å²) < 4.78 is 14.1. The van der Waals surface area contributed by atoms with E-state index in [0.29, 0.717) is 15.7 Å². The Bertz CT molecular complexity index is 695. The highest BCUT2D eigenvalue weighted by molar-refractivity contribution is 9.10. The van der Waals surface area contributed by atoms with E-state index in [4.69, 9.17) is 6.42 Å². The first-order chi connectivity index (χ1) is 9.61. The number of carbonyl (C=O) groups excluding carboxylic acids is 1. The number of amides is 1. The zero-order chi connectivity index (χ0) is 14.5. The molecule has 20 heavy (non-hydrogen) atoms. The van der Waals surface area contributed by atoms with Crippen LogP contribution in [0.5, 0.6) is 0 Å². The number of hydrogen-bond donors (Lipinski definition) is 1. The van der Waals surface area contributed by atoms with Gasteiger partial charge in [0.15, 0.2) is 0 Å². The van der Waals surface area contributed by atoms with Gasteiger partial charge in [0.1, 0.15) is 5.82 Å². The van der Waals surface area contributed by atoms with Crippen LogP contribution in [-0.2, 0) is 11.2 Å². The van der Waals surface area contributed by atoms with Gasteiger partial charge < -0.3 is 5.32 Å². The van der Waals surface area contributed by atoms with E-state index in [1.54, 1.807) is 18.2 Å². The molecule has 0 atom stereocenters. The second kappa shape index (κ2) is 6.31. The van der Waals surface area contributed by atoms with E-state index < -0.39 is 5.82 Å². The van der Waals surface area contributed by atoms with Gasteiger partial charge in [-0.25, -0.2) is 4.39 Å². The summed E-state index contributed by atoms with van der Waals surface area (Å²) in [4.78, 5) is 15.7. The van der Waals surface area contributed by atoms with Gasteiger partial charge in [-0.2, -0.15) is 0 Å². The number of nitrogens with one attached hydrogen (secondary N) is 1. The van der Waals surface area contributed by atoms with E-state index in [2.05, 4.69) is 32.2 Å². The van der Waals surface area contributed by atoms with Gasteiger partial charge >= 0.3 is 0 Å². The van der Waals surface area contributed by atoms with Crippen molar-refractivity contribution < 1.29 is 9.18 Å². The van der Waals surface area contributed by atoms with Crippen LogP contribution in [0.25, 0.3) is 0 Å². The maximum Gasteiger partial charge on any atom is 0.230 e. The lowest BCUT2D eigenvalue weighted by Crippen LogP contribution is -2.16. The minimum absolute atomic E-state index is 0.0993. The van der Waals surface area contributed by atoms with Crippen LogP contribution in [0.4, 0.5) is 10.1 Å². The van der Waals surface area contributed by atoms with E-state index in [1.807, 2.05) is 0 Å². The number of carbonyl (C=O) groups is 1. The molecule has 0 saturated carbocycles. The molecule has 0 aliphatic carbocycles. The summed E-state index contributed by atoms with van der Waals surface area (Å²) in [5.74, 6) is 1.61. The van der Waals surface area contributed by atoms with Crippen LogP contribution in [0, 0.1) is 18.2 Å². The monoisotopic (exact) mass is 332 g/mol. The van der Waals surface area contributed by atoms with E-state index in [-0.39, 0.29) is 18.0 Å². The molecule has 0 bridgehead atoms. The highest BCUT2D eigenvalue weighted by atomic mass is 79.9. The molecule has 5 heteroatoms. The van der Waals surface area contributed by atoms with E-state index >= 15 is 0 Å². The third-order valence-corrected chi connectivity index (χ3v) is 3.26. The quantitative estimate of drug-likeness (QED) is 0.877. The molecule has 0 unspecified atom stereocenters. The summed E-state index contributed by atoms with van der Waals surface area (Å²) >= 11 is 3.31. The molecule has 2 rings (SSSR count). The topological polar surface area (TPSA) is 42.0 Å². The highest BCUT2D eigenvalue weighted by Gasteiger charge is 2.11. The van der Waals surface area contributed by atoms with Gasteiger partial charge in [-0.1, -0.05) is 12.0 Å². The molecule has 0 aliphatic rings. The van der Waals surface area contributed by atoms with E-state index in [1.165, 1.54) is 18.3 Å². The number of terminal acetylenes is 1. The first-order valence-electron chi connectivity index (χ1n) is 5.76. The molecule has 1 amide bonds. The van der Waals surface area contributed by atoms with Gasteiger partial charge in [0.05, 0.1) is 23.4 Å². The number of rotatable bonds is 3. The third kappa shape index (κ3) is 3.22. The molecule has 1 aromatic heterocycles. The number of halogens is 2. The van der Waals surface area contributed by atoms with Crippen LogP contribution >= 0.6 is 15.9 Å². The number of anilines is 1. The molecule has 0 spiro atoms. The third-order valence-electron chi connectivity index (χ3n) is 2.59. The Morgan fingerprint density at radius 2 is 2.20 bits per heavy atom. The largest absolute Gasteiger partial charge is 0.325 e. The summed E-state index contributed by atoms with van der Waals surface area (Å²) in [6.45, 7) is 0. The van der Waals surface area contributed by atoms with Crippen LogP contribution in [0.1, 0.15) is 11.3 Å². The Hall–Kier alpha value is -2.19. The summed E-state index contributed by atoms with van der Waals surface area (Å²) in [5.41, 5.74) is 1.15. The second-order valence-electron chi connectivity index (χ2n) is 3.96. The molecule has 0 fully saturated rings. The fourth-order valence-corrected chi connectivity index (χ4v) is 2.15. The van der Waals surface area contributed by atoms with Crippen molar-refractivity contribution in [2.75, 3.05) is 5.32 Å². The first-order valence-corrected chi connectivity index (χ1v) is 6.55. The van der Waals surface area contributed by atoms with Crippen molar-refractivity contribution in [1.29, 1.82) is 0 Å². The number of hydrogen-bond acceptors (Lipinski definition) is 2. The van der Waals surface area contributed by atoms with Crippen LogP contribution in [0.15, 0.2) is 41.0 Å². The molecule has 1 heterocycles. The van der Waals surface area contributed by atoms with Gasteiger partial charge in [0.2, 0.25) is 5.91 Å². The number of benzene rings is 1. The summed E-state index contributed by atoms with van der Waals surface area (Å²) in [7, 11) is 0. The molecule has 0 aliphatic heterocycles. The zero-order valence-electron chi connectivity index (χ0n) is 10.4. The minimum Gasteiger partial charge on any atom is -0.325 e. The summed E-state index contributed by atoms with van der Waals surface area (Å²) in [5, 5.41) is 2.66. The fourth-order valence-electron chi connectivity index (χ4n) is 1.67. The van der Waals surface area contributed by atoms with Crippen LogP contribution in [0.3, 0.4) is 0 Å². The van der Waals surface area contributed by atoms with Gasteiger partial charge in [0, 0.05) is 10.7 Å². The van der Waals surface area contributed by atoms with Gasteiger partial charge in [-0.3, -0.25) is 9.78 Å².